The maximum atomic E-state index is 9.13. The second-order valence-corrected chi connectivity index (χ2v) is 4.20. The van der Waals surface area contributed by atoms with Crippen molar-refractivity contribution in [3.63, 3.8) is 0 Å². The molecule has 0 saturated heterocycles. The van der Waals surface area contributed by atoms with Gasteiger partial charge in [-0.25, -0.2) is 4.98 Å². The van der Waals surface area contributed by atoms with E-state index in [2.05, 4.69) is 26.2 Å². The van der Waals surface area contributed by atoms with Crippen LogP contribution in [-0.4, -0.2) is 10.1 Å². The van der Waals surface area contributed by atoms with Crippen molar-refractivity contribution in [1.82, 2.24) is 4.98 Å². The average Bonchev–Trinajstić information content (AvgIpc) is 2.30. The number of aromatic hydroxyl groups is 1. The van der Waals surface area contributed by atoms with Gasteiger partial charge in [-0.15, -0.1) is 0 Å². The molecule has 0 aliphatic heterocycles. The quantitative estimate of drug-likeness (QED) is 0.670. The Morgan fingerprint density at radius 2 is 1.88 bits per heavy atom. The third-order valence-corrected chi connectivity index (χ3v) is 2.62. The molecule has 2 rings (SSSR count). The van der Waals surface area contributed by atoms with Crippen LogP contribution >= 0.6 is 15.9 Å². The van der Waals surface area contributed by atoms with Gasteiger partial charge < -0.3 is 10.4 Å². The van der Waals surface area contributed by atoms with Crippen molar-refractivity contribution in [1.29, 1.82) is 0 Å². The first kappa shape index (κ1) is 11.0. The van der Waals surface area contributed by atoms with Gasteiger partial charge in [0.05, 0.1) is 0 Å². The molecular formula is C12H11BrN2O. The van der Waals surface area contributed by atoms with E-state index in [1.54, 1.807) is 12.1 Å². The maximum absolute atomic E-state index is 9.13. The number of nitrogens with one attached hydrogen (secondary N) is 1. The number of hydrogen-bond acceptors (Lipinski definition) is 3. The highest BCUT2D eigenvalue weighted by Crippen LogP contribution is 2.15. The molecule has 4 heteroatoms. The summed E-state index contributed by atoms with van der Waals surface area (Å²) in [5.41, 5.74) is 2.08. The largest absolute Gasteiger partial charge is 0.508 e. The Morgan fingerprint density at radius 1 is 1.12 bits per heavy atom. The number of anilines is 1. The fraction of sp³-hybridized carbons (Fsp3) is 0.0833. The van der Waals surface area contributed by atoms with E-state index in [1.165, 1.54) is 0 Å². The third-order valence-electron chi connectivity index (χ3n) is 2.15. The van der Waals surface area contributed by atoms with Crippen LogP contribution in [0.15, 0.2) is 47.2 Å². The van der Waals surface area contributed by atoms with Crippen molar-refractivity contribution in [2.75, 3.05) is 5.32 Å². The molecule has 2 aromatic rings. The van der Waals surface area contributed by atoms with Gasteiger partial charge in [-0.05, 0) is 51.8 Å². The summed E-state index contributed by atoms with van der Waals surface area (Å²) in [5.74, 6) is 0.274. The van der Waals surface area contributed by atoms with Gasteiger partial charge in [-0.3, -0.25) is 0 Å². The van der Waals surface area contributed by atoms with E-state index in [1.807, 2.05) is 30.5 Å². The summed E-state index contributed by atoms with van der Waals surface area (Å²) in [6.45, 7) is 0.713. The van der Waals surface area contributed by atoms with Crippen molar-refractivity contribution >= 4 is 21.6 Å². The molecule has 1 heterocycles. The highest BCUT2D eigenvalue weighted by molar-refractivity contribution is 9.10. The Hall–Kier alpha value is -1.55. The summed E-state index contributed by atoms with van der Waals surface area (Å²) in [7, 11) is 0. The molecule has 3 nitrogen and oxygen atoms in total. The van der Waals surface area contributed by atoms with Crippen LogP contribution in [0, 0.1) is 0 Å². The molecular weight excluding hydrogens is 268 g/mol. The topological polar surface area (TPSA) is 45.1 Å². The van der Waals surface area contributed by atoms with Crippen LogP contribution in [0.3, 0.4) is 0 Å². The van der Waals surface area contributed by atoms with Crippen molar-refractivity contribution < 1.29 is 5.11 Å². The Kier molecular flexibility index (Phi) is 3.41. The van der Waals surface area contributed by atoms with E-state index in [4.69, 9.17) is 5.11 Å². The lowest BCUT2D eigenvalue weighted by molar-refractivity contribution is 0.475. The highest BCUT2D eigenvalue weighted by atomic mass is 79.9. The minimum atomic E-state index is 0.274. The number of nitrogens with zero attached hydrogens (tertiary/aromatic N) is 1. The SMILES string of the molecule is Oc1ccc(NCc2ccc(Br)nc2)cc1. The number of pyridine rings is 1. The second kappa shape index (κ2) is 4.99. The summed E-state index contributed by atoms with van der Waals surface area (Å²) in [6.07, 6.45) is 1.82. The van der Waals surface area contributed by atoms with E-state index in [0.717, 1.165) is 15.9 Å². The molecule has 1 aromatic heterocycles. The van der Waals surface area contributed by atoms with E-state index in [-0.39, 0.29) is 5.75 Å². The van der Waals surface area contributed by atoms with Gasteiger partial charge in [0, 0.05) is 18.4 Å². The van der Waals surface area contributed by atoms with E-state index in [9.17, 15) is 0 Å². The Balaban J connectivity index is 1.97. The van der Waals surface area contributed by atoms with Crippen LogP contribution in [0.4, 0.5) is 5.69 Å². The second-order valence-electron chi connectivity index (χ2n) is 3.39. The van der Waals surface area contributed by atoms with Crippen molar-refractivity contribution in [3.05, 3.63) is 52.8 Å². The Bertz CT molecular complexity index is 408. The molecule has 0 fully saturated rings. The van der Waals surface area contributed by atoms with Gasteiger partial charge in [-0.1, -0.05) is 6.07 Å². The molecule has 0 saturated carbocycles. The fourth-order valence-electron chi connectivity index (χ4n) is 1.29. The first-order chi connectivity index (χ1) is 7.74. The summed E-state index contributed by atoms with van der Waals surface area (Å²) < 4.78 is 0.834. The van der Waals surface area contributed by atoms with Crippen LogP contribution in [0.1, 0.15) is 5.56 Å². The van der Waals surface area contributed by atoms with E-state index >= 15 is 0 Å². The summed E-state index contributed by atoms with van der Waals surface area (Å²) in [6, 6.07) is 10.9. The molecule has 0 unspecified atom stereocenters. The predicted molar refractivity (Wildman–Crippen MR) is 67.4 cm³/mol. The Labute approximate surface area is 102 Å². The molecule has 0 bridgehead atoms. The number of rotatable bonds is 3. The fourth-order valence-corrected chi connectivity index (χ4v) is 1.53. The molecule has 2 N–H and O–H groups in total. The zero-order chi connectivity index (χ0) is 11.4. The first-order valence-electron chi connectivity index (χ1n) is 4.87. The van der Waals surface area contributed by atoms with Gasteiger partial charge in [0.2, 0.25) is 0 Å². The van der Waals surface area contributed by atoms with Gasteiger partial charge in [-0.2, -0.15) is 0 Å². The minimum Gasteiger partial charge on any atom is -0.508 e. The van der Waals surface area contributed by atoms with Gasteiger partial charge in [0.25, 0.3) is 0 Å². The maximum Gasteiger partial charge on any atom is 0.115 e. The van der Waals surface area contributed by atoms with E-state index in [0.29, 0.717) is 6.54 Å². The number of hydrogen-bond donors (Lipinski definition) is 2. The third kappa shape index (κ3) is 2.97. The van der Waals surface area contributed by atoms with Crippen molar-refractivity contribution in [2.24, 2.45) is 0 Å². The molecule has 0 spiro atoms. The molecule has 0 radical (unpaired) electrons. The zero-order valence-electron chi connectivity index (χ0n) is 8.52. The monoisotopic (exact) mass is 278 g/mol. The highest BCUT2D eigenvalue weighted by Gasteiger charge is 1.95. The number of phenolic OH excluding ortho intramolecular Hbond substituents is 1. The molecule has 0 atom stereocenters. The standard InChI is InChI=1S/C12H11BrN2O/c13-12-6-1-9(8-15-12)7-14-10-2-4-11(16)5-3-10/h1-6,8,14,16H,7H2. The van der Waals surface area contributed by atoms with Gasteiger partial charge >= 0.3 is 0 Å². The lowest BCUT2D eigenvalue weighted by Gasteiger charge is -2.06. The summed E-state index contributed by atoms with van der Waals surface area (Å²) in [4.78, 5) is 4.14. The molecule has 0 aliphatic rings. The van der Waals surface area contributed by atoms with Crippen molar-refractivity contribution in [2.45, 2.75) is 6.54 Å². The number of aromatic nitrogens is 1. The smallest absolute Gasteiger partial charge is 0.115 e. The molecule has 0 aliphatic carbocycles. The van der Waals surface area contributed by atoms with Gasteiger partial charge in [0.15, 0.2) is 0 Å². The minimum absolute atomic E-state index is 0.274. The molecule has 82 valence electrons. The van der Waals surface area contributed by atoms with E-state index < -0.39 is 0 Å². The van der Waals surface area contributed by atoms with Crippen LogP contribution in [0.25, 0.3) is 0 Å². The predicted octanol–water partition coefficient (Wildman–Crippen LogP) is 3.16. The van der Waals surface area contributed by atoms with Crippen molar-refractivity contribution in [3.8, 4) is 5.75 Å². The molecule has 16 heavy (non-hydrogen) atoms. The molecule has 1 aromatic carbocycles. The molecule has 0 amide bonds. The Morgan fingerprint density at radius 3 is 2.50 bits per heavy atom. The number of benzene rings is 1. The normalized spacial score (nSPS) is 10.1. The van der Waals surface area contributed by atoms with Crippen LogP contribution in [0.2, 0.25) is 0 Å². The number of phenols is 1. The van der Waals surface area contributed by atoms with Crippen LogP contribution in [0.5, 0.6) is 5.75 Å². The zero-order valence-corrected chi connectivity index (χ0v) is 10.1. The lowest BCUT2D eigenvalue weighted by Crippen LogP contribution is -1.99. The van der Waals surface area contributed by atoms with Gasteiger partial charge in [0.1, 0.15) is 10.4 Å². The lowest BCUT2D eigenvalue weighted by atomic mass is 10.2. The summed E-state index contributed by atoms with van der Waals surface area (Å²) >= 11 is 3.29. The van der Waals surface area contributed by atoms with Crippen LogP contribution in [-0.2, 0) is 6.54 Å². The number of halogens is 1. The summed E-state index contributed by atoms with van der Waals surface area (Å²) in [5, 5.41) is 12.4. The van der Waals surface area contributed by atoms with Crippen LogP contribution < -0.4 is 5.32 Å². The average molecular weight is 279 g/mol. The first-order valence-corrected chi connectivity index (χ1v) is 5.67.